The molecule has 0 spiro atoms. The highest BCUT2D eigenvalue weighted by atomic mass is 16.7. The van der Waals surface area contributed by atoms with Gasteiger partial charge in [-0.3, -0.25) is 9.69 Å². The summed E-state index contributed by atoms with van der Waals surface area (Å²) >= 11 is 0. The number of piperidine rings is 1. The summed E-state index contributed by atoms with van der Waals surface area (Å²) in [5.74, 6) is -2.03. The number of nitrogens with zero attached hydrogens (tertiary/aromatic N) is 1. The van der Waals surface area contributed by atoms with Crippen molar-refractivity contribution >= 4 is 17.8 Å². The zero-order valence-corrected chi connectivity index (χ0v) is 15.2. The summed E-state index contributed by atoms with van der Waals surface area (Å²) in [5.41, 5.74) is 1.21. The quantitative estimate of drug-likeness (QED) is 0.635. The first-order chi connectivity index (χ1) is 12.4. The normalized spacial score (nSPS) is 23.8. The van der Waals surface area contributed by atoms with Crippen LogP contribution in [0.4, 0.5) is 4.79 Å². The van der Waals surface area contributed by atoms with Crippen molar-refractivity contribution in [3.63, 3.8) is 0 Å². The number of aromatic nitrogens is 1. The Kier molecular flexibility index (Phi) is 4.76. The van der Waals surface area contributed by atoms with Gasteiger partial charge in [-0.15, -0.1) is 0 Å². The van der Waals surface area contributed by atoms with Crippen molar-refractivity contribution in [1.29, 1.82) is 0 Å². The summed E-state index contributed by atoms with van der Waals surface area (Å²) in [6.07, 6.45) is -0.00736. The number of fused-ring (bicyclic) bond motifs is 3. The SMILES string of the molecule is COC(=O)c1cc2c([nH]1)C(=O)C[C@H]1[C@@H]2CC(OC)(OC)CN1C(=O)OC. The van der Waals surface area contributed by atoms with E-state index in [4.69, 9.17) is 18.9 Å². The molecular weight excluding hydrogens is 344 g/mol. The van der Waals surface area contributed by atoms with E-state index in [0.29, 0.717) is 17.7 Å². The average Bonchev–Trinajstić information content (AvgIpc) is 3.13. The first-order valence-corrected chi connectivity index (χ1v) is 8.19. The number of esters is 1. The predicted molar refractivity (Wildman–Crippen MR) is 88.1 cm³/mol. The van der Waals surface area contributed by atoms with Crippen LogP contribution in [-0.2, 0) is 18.9 Å². The molecule has 1 N–H and O–H groups in total. The van der Waals surface area contributed by atoms with Gasteiger partial charge >= 0.3 is 12.1 Å². The van der Waals surface area contributed by atoms with Gasteiger partial charge in [-0.25, -0.2) is 9.59 Å². The molecule has 1 aromatic heterocycles. The van der Waals surface area contributed by atoms with Gasteiger partial charge in [0.25, 0.3) is 0 Å². The van der Waals surface area contributed by atoms with Gasteiger partial charge in [0.2, 0.25) is 0 Å². The third-order valence-corrected chi connectivity index (χ3v) is 5.29. The first kappa shape index (κ1) is 18.4. The molecule has 9 nitrogen and oxygen atoms in total. The number of nitrogens with one attached hydrogen (secondary N) is 1. The van der Waals surface area contributed by atoms with Gasteiger partial charge in [-0.1, -0.05) is 0 Å². The van der Waals surface area contributed by atoms with E-state index in [-0.39, 0.29) is 30.4 Å². The van der Waals surface area contributed by atoms with Crippen LogP contribution >= 0.6 is 0 Å². The Bertz CT molecular complexity index is 737. The second kappa shape index (κ2) is 6.73. The van der Waals surface area contributed by atoms with E-state index < -0.39 is 23.9 Å². The molecule has 2 heterocycles. The molecule has 1 amide bonds. The fraction of sp³-hybridized carbons (Fsp3) is 0.588. The number of likely N-dealkylation sites (tertiary alicyclic amines) is 1. The average molecular weight is 366 g/mol. The van der Waals surface area contributed by atoms with E-state index in [1.54, 1.807) is 6.07 Å². The minimum atomic E-state index is -1.03. The number of carbonyl (C=O) groups excluding carboxylic acids is 3. The summed E-state index contributed by atoms with van der Waals surface area (Å²) in [7, 11) is 5.57. The number of aromatic amines is 1. The van der Waals surface area contributed by atoms with Gasteiger partial charge in [0.05, 0.1) is 26.5 Å². The molecule has 0 bridgehead atoms. The molecular formula is C17H22N2O7. The minimum absolute atomic E-state index is 0.122. The molecule has 142 valence electrons. The highest BCUT2D eigenvalue weighted by molar-refractivity contribution is 6.00. The lowest BCUT2D eigenvalue weighted by Gasteiger charge is -2.49. The third-order valence-electron chi connectivity index (χ3n) is 5.29. The number of hydrogen-bond donors (Lipinski definition) is 1. The zero-order chi connectivity index (χ0) is 19.1. The topological polar surface area (TPSA) is 107 Å². The Morgan fingerprint density at radius 3 is 2.46 bits per heavy atom. The molecule has 0 aromatic carbocycles. The molecule has 2 atom stereocenters. The Morgan fingerprint density at radius 1 is 1.19 bits per heavy atom. The summed E-state index contributed by atoms with van der Waals surface area (Å²) in [5, 5.41) is 0. The first-order valence-electron chi connectivity index (χ1n) is 8.19. The second-order valence-corrected chi connectivity index (χ2v) is 6.43. The number of hydrogen-bond acceptors (Lipinski definition) is 7. The minimum Gasteiger partial charge on any atom is -0.464 e. The Morgan fingerprint density at radius 2 is 1.88 bits per heavy atom. The van der Waals surface area contributed by atoms with Crippen LogP contribution in [0.1, 0.15) is 45.3 Å². The summed E-state index contributed by atoms with van der Waals surface area (Å²) in [6.45, 7) is 0.144. The van der Waals surface area contributed by atoms with Gasteiger partial charge in [0, 0.05) is 39.0 Å². The van der Waals surface area contributed by atoms with Crippen LogP contribution in [0, 0.1) is 0 Å². The van der Waals surface area contributed by atoms with Gasteiger partial charge in [0.1, 0.15) is 5.69 Å². The number of Topliss-reactive ketones (excluding diaryl/α,β-unsaturated/α-hetero) is 1. The summed E-state index contributed by atoms with van der Waals surface area (Å²) in [4.78, 5) is 41.1. The Labute approximate surface area is 150 Å². The maximum Gasteiger partial charge on any atom is 0.409 e. The molecule has 1 fully saturated rings. The number of ether oxygens (including phenoxy) is 4. The van der Waals surface area contributed by atoms with Crippen molar-refractivity contribution in [1.82, 2.24) is 9.88 Å². The van der Waals surface area contributed by atoms with E-state index in [1.165, 1.54) is 33.3 Å². The number of amides is 1. The summed E-state index contributed by atoms with van der Waals surface area (Å²) in [6, 6.07) is 1.20. The predicted octanol–water partition coefficient (Wildman–Crippen LogP) is 1.30. The fourth-order valence-electron chi connectivity index (χ4n) is 3.90. The Balaban J connectivity index is 2.08. The second-order valence-electron chi connectivity index (χ2n) is 6.43. The standard InChI is InChI=1S/C17H22N2O7/c1-23-15(21)11-5-9-10-7-17(25-3,26-4)8-19(16(22)24-2)12(10)6-13(20)14(9)18-11/h5,10,12,18H,6-8H2,1-4H3/t10-,12+/m1/s1. The van der Waals surface area contributed by atoms with Gasteiger partial charge in [-0.05, 0) is 11.6 Å². The van der Waals surface area contributed by atoms with E-state index >= 15 is 0 Å². The highest BCUT2D eigenvalue weighted by Crippen LogP contribution is 2.45. The van der Waals surface area contributed by atoms with Crippen LogP contribution in [-0.4, -0.2) is 74.5 Å². The lowest BCUT2D eigenvalue weighted by molar-refractivity contribution is -0.238. The molecule has 1 aliphatic heterocycles. The van der Waals surface area contributed by atoms with Gasteiger partial charge in [0.15, 0.2) is 11.6 Å². The number of carbonyl (C=O) groups is 3. The number of methoxy groups -OCH3 is 4. The molecule has 0 radical (unpaired) electrons. The molecule has 2 aliphatic rings. The summed E-state index contributed by atoms with van der Waals surface area (Å²) < 4.78 is 20.7. The molecule has 9 heteroatoms. The maximum atomic E-state index is 12.6. The van der Waals surface area contributed by atoms with Crippen LogP contribution in [0.15, 0.2) is 6.07 Å². The van der Waals surface area contributed by atoms with Crippen LogP contribution in [0.25, 0.3) is 0 Å². The molecule has 1 aromatic rings. The monoisotopic (exact) mass is 366 g/mol. The smallest absolute Gasteiger partial charge is 0.409 e. The number of ketones is 1. The molecule has 1 aliphatic carbocycles. The maximum absolute atomic E-state index is 12.6. The number of H-pyrrole nitrogens is 1. The molecule has 26 heavy (non-hydrogen) atoms. The van der Waals surface area contributed by atoms with Crippen molar-refractivity contribution in [2.24, 2.45) is 0 Å². The van der Waals surface area contributed by atoms with Crippen molar-refractivity contribution in [3.8, 4) is 0 Å². The van der Waals surface area contributed by atoms with Crippen LogP contribution in [0.2, 0.25) is 0 Å². The Hall–Kier alpha value is -2.39. The van der Waals surface area contributed by atoms with Crippen molar-refractivity contribution in [2.45, 2.75) is 30.6 Å². The largest absolute Gasteiger partial charge is 0.464 e. The highest BCUT2D eigenvalue weighted by Gasteiger charge is 2.52. The fourth-order valence-corrected chi connectivity index (χ4v) is 3.90. The van der Waals surface area contributed by atoms with E-state index in [0.717, 1.165) is 0 Å². The lowest BCUT2D eigenvalue weighted by atomic mass is 9.74. The molecule has 1 saturated heterocycles. The van der Waals surface area contributed by atoms with Crippen molar-refractivity contribution in [2.75, 3.05) is 35.0 Å². The van der Waals surface area contributed by atoms with Crippen LogP contribution < -0.4 is 0 Å². The van der Waals surface area contributed by atoms with E-state index in [1.807, 2.05) is 0 Å². The van der Waals surface area contributed by atoms with Crippen LogP contribution in [0.3, 0.4) is 0 Å². The lowest BCUT2D eigenvalue weighted by Crippen LogP contribution is -2.60. The zero-order valence-electron chi connectivity index (χ0n) is 15.2. The van der Waals surface area contributed by atoms with E-state index in [2.05, 4.69) is 4.98 Å². The molecule has 0 saturated carbocycles. The van der Waals surface area contributed by atoms with Gasteiger partial charge < -0.3 is 23.9 Å². The van der Waals surface area contributed by atoms with Crippen molar-refractivity contribution in [3.05, 3.63) is 23.0 Å². The third kappa shape index (κ3) is 2.77. The molecule has 0 unspecified atom stereocenters. The van der Waals surface area contributed by atoms with E-state index in [9.17, 15) is 14.4 Å². The number of rotatable bonds is 3. The van der Waals surface area contributed by atoms with Gasteiger partial charge in [-0.2, -0.15) is 0 Å². The van der Waals surface area contributed by atoms with Crippen LogP contribution in [0.5, 0.6) is 0 Å². The van der Waals surface area contributed by atoms with Crippen molar-refractivity contribution < 1.29 is 33.3 Å². The molecule has 3 rings (SSSR count).